The van der Waals surface area contributed by atoms with E-state index in [0.29, 0.717) is 19.6 Å². The minimum Gasteiger partial charge on any atom is -0.493 e. The van der Waals surface area contributed by atoms with Gasteiger partial charge in [-0.05, 0) is 0 Å². The number of hydrogen-bond donors (Lipinski definition) is 1. The molecule has 1 aromatic rings. The van der Waals surface area contributed by atoms with Gasteiger partial charge in [0.1, 0.15) is 11.7 Å². The summed E-state index contributed by atoms with van der Waals surface area (Å²) in [6.07, 6.45) is 0.453. The zero-order chi connectivity index (χ0) is 14.7. The number of nitro groups is 1. The summed E-state index contributed by atoms with van der Waals surface area (Å²) < 4.78 is 15.8. The standard InChI is InChI=1S/C12H13NO7/c1-18-10-5-9(13(16)17)8(12(14)15)4-11(10)20-7-2-3-19-6-7/h4-5,7H,2-3,6H2,1H3,(H,14,15). The van der Waals surface area contributed by atoms with E-state index in [1.165, 1.54) is 7.11 Å². The number of aromatic carboxylic acids is 1. The minimum atomic E-state index is -1.40. The van der Waals surface area contributed by atoms with E-state index in [-0.39, 0.29) is 17.6 Å². The van der Waals surface area contributed by atoms with E-state index in [2.05, 4.69) is 0 Å². The Morgan fingerprint density at radius 2 is 2.25 bits per heavy atom. The highest BCUT2D eigenvalue weighted by Gasteiger charge is 2.26. The normalized spacial score (nSPS) is 17.8. The van der Waals surface area contributed by atoms with Crippen LogP contribution in [0.15, 0.2) is 12.1 Å². The van der Waals surface area contributed by atoms with Crippen molar-refractivity contribution in [3.63, 3.8) is 0 Å². The number of carboxylic acid groups (broad SMARTS) is 1. The van der Waals surface area contributed by atoms with Crippen LogP contribution in [0.25, 0.3) is 0 Å². The zero-order valence-corrected chi connectivity index (χ0v) is 10.7. The van der Waals surface area contributed by atoms with Crippen LogP contribution in [0.5, 0.6) is 11.5 Å². The van der Waals surface area contributed by atoms with E-state index in [1.54, 1.807) is 0 Å². The summed E-state index contributed by atoms with van der Waals surface area (Å²) in [6.45, 7) is 0.953. The first-order valence-corrected chi connectivity index (χ1v) is 5.87. The van der Waals surface area contributed by atoms with Crippen LogP contribution in [0.1, 0.15) is 16.8 Å². The molecule has 108 valence electrons. The SMILES string of the molecule is COc1cc([N+](=O)[O-])c(C(=O)O)cc1OC1CCOC1. The van der Waals surface area contributed by atoms with Gasteiger partial charge in [0, 0.05) is 12.5 Å². The van der Waals surface area contributed by atoms with E-state index in [0.717, 1.165) is 12.1 Å². The number of carbonyl (C=O) groups is 1. The van der Waals surface area contributed by atoms with Crippen LogP contribution in [-0.4, -0.2) is 42.4 Å². The molecule has 0 bridgehead atoms. The van der Waals surface area contributed by atoms with Gasteiger partial charge in [0.05, 0.1) is 31.3 Å². The van der Waals surface area contributed by atoms with Crippen LogP contribution in [0.3, 0.4) is 0 Å². The monoisotopic (exact) mass is 283 g/mol. The van der Waals surface area contributed by atoms with E-state index in [1.807, 2.05) is 0 Å². The number of ether oxygens (including phenoxy) is 3. The predicted molar refractivity (Wildman–Crippen MR) is 66.5 cm³/mol. The molecule has 1 unspecified atom stereocenters. The molecule has 0 amide bonds. The summed E-state index contributed by atoms with van der Waals surface area (Å²) in [5, 5.41) is 19.9. The van der Waals surface area contributed by atoms with Gasteiger partial charge < -0.3 is 19.3 Å². The average molecular weight is 283 g/mol. The lowest BCUT2D eigenvalue weighted by Crippen LogP contribution is -2.17. The van der Waals surface area contributed by atoms with Gasteiger partial charge in [0.2, 0.25) is 0 Å². The molecular weight excluding hydrogens is 270 g/mol. The van der Waals surface area contributed by atoms with Gasteiger partial charge in [0.15, 0.2) is 11.5 Å². The fourth-order valence-corrected chi connectivity index (χ4v) is 1.91. The number of methoxy groups -OCH3 is 1. The molecule has 1 aliphatic heterocycles. The molecule has 1 heterocycles. The lowest BCUT2D eigenvalue weighted by Gasteiger charge is -2.15. The summed E-state index contributed by atoms with van der Waals surface area (Å²) in [5.74, 6) is -1.12. The minimum absolute atomic E-state index is 0.119. The van der Waals surface area contributed by atoms with Gasteiger partial charge in [-0.3, -0.25) is 10.1 Å². The largest absolute Gasteiger partial charge is 0.493 e. The molecular formula is C12H13NO7. The summed E-state index contributed by atoms with van der Waals surface area (Å²) in [4.78, 5) is 21.2. The van der Waals surface area contributed by atoms with Crippen molar-refractivity contribution in [2.45, 2.75) is 12.5 Å². The van der Waals surface area contributed by atoms with Gasteiger partial charge in [-0.2, -0.15) is 0 Å². The Labute approximate surface area is 114 Å². The molecule has 1 aromatic carbocycles. The maximum atomic E-state index is 11.1. The Hall–Kier alpha value is -2.35. The number of rotatable bonds is 5. The second kappa shape index (κ2) is 5.74. The Balaban J connectivity index is 2.41. The van der Waals surface area contributed by atoms with Gasteiger partial charge in [-0.15, -0.1) is 0 Å². The highest BCUT2D eigenvalue weighted by Crippen LogP contribution is 2.35. The van der Waals surface area contributed by atoms with Crippen molar-refractivity contribution in [2.75, 3.05) is 20.3 Å². The summed E-state index contributed by atoms with van der Waals surface area (Å²) in [5.41, 5.74) is -0.978. The molecule has 0 aromatic heterocycles. The van der Waals surface area contributed by atoms with E-state index in [9.17, 15) is 14.9 Å². The second-order valence-electron chi connectivity index (χ2n) is 4.19. The maximum absolute atomic E-state index is 11.1. The van der Waals surface area contributed by atoms with Crippen LogP contribution >= 0.6 is 0 Å². The quantitative estimate of drug-likeness (QED) is 0.643. The molecule has 1 atom stereocenters. The second-order valence-corrected chi connectivity index (χ2v) is 4.19. The first kappa shape index (κ1) is 14.1. The molecule has 1 N–H and O–H groups in total. The summed E-state index contributed by atoms with van der Waals surface area (Å²) in [7, 11) is 1.33. The Morgan fingerprint density at radius 1 is 1.50 bits per heavy atom. The highest BCUT2D eigenvalue weighted by atomic mass is 16.6. The zero-order valence-electron chi connectivity index (χ0n) is 10.7. The van der Waals surface area contributed by atoms with Crippen molar-refractivity contribution in [3.05, 3.63) is 27.8 Å². The van der Waals surface area contributed by atoms with Crippen LogP contribution in [0.2, 0.25) is 0 Å². The lowest BCUT2D eigenvalue weighted by atomic mass is 10.1. The maximum Gasteiger partial charge on any atom is 0.342 e. The van der Waals surface area contributed by atoms with Crippen molar-refractivity contribution in [2.24, 2.45) is 0 Å². The molecule has 0 aliphatic carbocycles. The first-order chi connectivity index (χ1) is 9.52. The Morgan fingerprint density at radius 3 is 2.75 bits per heavy atom. The number of carboxylic acids is 1. The molecule has 0 radical (unpaired) electrons. The molecule has 0 saturated carbocycles. The number of nitrogens with zero attached hydrogens (tertiary/aromatic N) is 1. The molecule has 1 saturated heterocycles. The number of nitro benzene ring substituents is 1. The third-order valence-corrected chi connectivity index (χ3v) is 2.89. The molecule has 8 heteroatoms. The Kier molecular flexibility index (Phi) is 4.04. The van der Waals surface area contributed by atoms with Crippen LogP contribution in [0, 0.1) is 10.1 Å². The summed E-state index contributed by atoms with van der Waals surface area (Å²) >= 11 is 0. The van der Waals surface area contributed by atoms with Gasteiger partial charge in [-0.1, -0.05) is 0 Å². The predicted octanol–water partition coefficient (Wildman–Crippen LogP) is 1.47. The van der Waals surface area contributed by atoms with Crippen molar-refractivity contribution in [1.29, 1.82) is 0 Å². The molecule has 2 rings (SSSR count). The van der Waals surface area contributed by atoms with E-state index < -0.39 is 22.1 Å². The third kappa shape index (κ3) is 2.80. The van der Waals surface area contributed by atoms with Crippen molar-refractivity contribution >= 4 is 11.7 Å². The van der Waals surface area contributed by atoms with Crippen LogP contribution < -0.4 is 9.47 Å². The van der Waals surface area contributed by atoms with Crippen LogP contribution in [0.4, 0.5) is 5.69 Å². The molecule has 8 nitrogen and oxygen atoms in total. The van der Waals surface area contributed by atoms with Crippen molar-refractivity contribution < 1.29 is 29.0 Å². The molecule has 0 spiro atoms. The average Bonchev–Trinajstić information content (AvgIpc) is 2.90. The first-order valence-electron chi connectivity index (χ1n) is 5.87. The third-order valence-electron chi connectivity index (χ3n) is 2.89. The Bertz CT molecular complexity index is 537. The van der Waals surface area contributed by atoms with Gasteiger partial charge in [-0.25, -0.2) is 4.79 Å². The molecule has 1 aliphatic rings. The number of hydrogen-bond acceptors (Lipinski definition) is 6. The molecule has 20 heavy (non-hydrogen) atoms. The van der Waals surface area contributed by atoms with Crippen LogP contribution in [-0.2, 0) is 4.74 Å². The van der Waals surface area contributed by atoms with Crippen molar-refractivity contribution in [1.82, 2.24) is 0 Å². The fraction of sp³-hybridized carbons (Fsp3) is 0.417. The topological polar surface area (TPSA) is 108 Å². The molecule has 1 fully saturated rings. The van der Waals surface area contributed by atoms with Gasteiger partial charge in [0.25, 0.3) is 5.69 Å². The highest BCUT2D eigenvalue weighted by molar-refractivity contribution is 5.93. The van der Waals surface area contributed by atoms with E-state index >= 15 is 0 Å². The smallest absolute Gasteiger partial charge is 0.342 e. The lowest BCUT2D eigenvalue weighted by molar-refractivity contribution is -0.385. The fourth-order valence-electron chi connectivity index (χ4n) is 1.91. The number of benzene rings is 1. The van der Waals surface area contributed by atoms with Gasteiger partial charge >= 0.3 is 5.97 Å². The van der Waals surface area contributed by atoms with E-state index in [4.69, 9.17) is 19.3 Å². The summed E-state index contributed by atoms with van der Waals surface area (Å²) in [6, 6.07) is 2.16. The van der Waals surface area contributed by atoms with Crippen molar-refractivity contribution in [3.8, 4) is 11.5 Å².